The summed E-state index contributed by atoms with van der Waals surface area (Å²) in [5.74, 6) is -0.341. The summed E-state index contributed by atoms with van der Waals surface area (Å²) in [5, 5.41) is 1.13. The summed E-state index contributed by atoms with van der Waals surface area (Å²) in [7, 11) is 0. The van der Waals surface area contributed by atoms with E-state index in [0.29, 0.717) is 5.56 Å². The van der Waals surface area contributed by atoms with E-state index >= 15 is 0 Å². The first-order valence-electron chi connectivity index (χ1n) is 5.17. The molecule has 2 aromatic rings. The molecule has 0 spiro atoms. The predicted octanol–water partition coefficient (Wildman–Crippen LogP) is 1.69. The van der Waals surface area contributed by atoms with Crippen LogP contribution in [0.4, 0.5) is 0 Å². The monoisotopic (exact) mass is 200 g/mol. The number of nitrogens with two attached hydrogens (primary N) is 1. The Balaban J connectivity index is 2.36. The van der Waals surface area contributed by atoms with Crippen LogP contribution in [0.1, 0.15) is 22.3 Å². The summed E-state index contributed by atoms with van der Waals surface area (Å²) in [6, 6.07) is 5.86. The van der Waals surface area contributed by atoms with Crippen LogP contribution >= 0.6 is 0 Å². The largest absolute Gasteiger partial charge is 0.366 e. The minimum absolute atomic E-state index is 0.341. The fourth-order valence-corrected chi connectivity index (χ4v) is 2.40. The molecule has 3 heteroatoms. The van der Waals surface area contributed by atoms with Gasteiger partial charge >= 0.3 is 0 Å². The number of nitrogens with zero attached hydrogens (tertiary/aromatic N) is 1. The second kappa shape index (κ2) is 2.86. The average Bonchev–Trinajstić information content (AvgIpc) is 2.64. The molecule has 0 unspecified atom stereocenters. The lowest BCUT2D eigenvalue weighted by Gasteiger charge is -2.16. The fourth-order valence-electron chi connectivity index (χ4n) is 2.40. The van der Waals surface area contributed by atoms with Crippen molar-refractivity contribution in [2.24, 2.45) is 5.73 Å². The van der Waals surface area contributed by atoms with E-state index in [1.807, 2.05) is 12.1 Å². The van der Waals surface area contributed by atoms with Crippen molar-refractivity contribution >= 4 is 16.8 Å². The van der Waals surface area contributed by atoms with Gasteiger partial charge in [0, 0.05) is 23.7 Å². The number of hydrogen-bond donors (Lipinski definition) is 1. The summed E-state index contributed by atoms with van der Waals surface area (Å²) < 4.78 is 2.25. The van der Waals surface area contributed by atoms with E-state index in [4.69, 9.17) is 5.73 Å². The molecule has 0 bridgehead atoms. The molecule has 2 heterocycles. The molecule has 76 valence electrons. The molecule has 0 fully saturated rings. The molecule has 3 nitrogen and oxygen atoms in total. The van der Waals surface area contributed by atoms with Crippen molar-refractivity contribution in [3.8, 4) is 0 Å². The highest BCUT2D eigenvalue weighted by Crippen LogP contribution is 2.27. The average molecular weight is 200 g/mol. The zero-order chi connectivity index (χ0) is 10.4. The van der Waals surface area contributed by atoms with Gasteiger partial charge in [-0.2, -0.15) is 0 Å². The first kappa shape index (κ1) is 8.53. The molecule has 1 aromatic heterocycles. The topological polar surface area (TPSA) is 48.0 Å². The zero-order valence-corrected chi connectivity index (χ0v) is 8.36. The van der Waals surface area contributed by atoms with Gasteiger partial charge in [0.25, 0.3) is 0 Å². The lowest BCUT2D eigenvalue weighted by Crippen LogP contribution is -2.13. The van der Waals surface area contributed by atoms with Crippen LogP contribution in [0, 0.1) is 0 Å². The SMILES string of the molecule is NC(=O)c1cc2c3c(ccn3CCC2)c1. The molecule has 0 radical (unpaired) electrons. The van der Waals surface area contributed by atoms with Gasteiger partial charge in [-0.25, -0.2) is 0 Å². The third-order valence-corrected chi connectivity index (χ3v) is 3.07. The highest BCUT2D eigenvalue weighted by atomic mass is 16.1. The van der Waals surface area contributed by atoms with Crippen LogP contribution < -0.4 is 5.73 Å². The molecular formula is C12H12N2O. The standard InChI is InChI=1S/C12H12N2O/c13-12(15)10-6-8-2-1-4-14-5-3-9(7-10)11(8)14/h3,5-7H,1-2,4H2,(H2,13,15). The number of primary amides is 1. The number of rotatable bonds is 1. The van der Waals surface area contributed by atoms with Gasteiger partial charge in [0.2, 0.25) is 5.91 Å². The van der Waals surface area contributed by atoms with Crippen molar-refractivity contribution in [2.75, 3.05) is 0 Å². The number of aromatic nitrogens is 1. The molecule has 1 amide bonds. The fraction of sp³-hybridized carbons (Fsp3) is 0.250. The summed E-state index contributed by atoms with van der Waals surface area (Å²) in [6.07, 6.45) is 4.26. The molecule has 2 N–H and O–H groups in total. The van der Waals surface area contributed by atoms with Gasteiger partial charge in [-0.15, -0.1) is 0 Å². The van der Waals surface area contributed by atoms with E-state index < -0.39 is 0 Å². The zero-order valence-electron chi connectivity index (χ0n) is 8.36. The highest BCUT2D eigenvalue weighted by molar-refractivity contribution is 5.98. The summed E-state index contributed by atoms with van der Waals surface area (Å²) in [6.45, 7) is 1.08. The number of benzene rings is 1. The van der Waals surface area contributed by atoms with Crippen molar-refractivity contribution in [1.82, 2.24) is 4.57 Å². The summed E-state index contributed by atoms with van der Waals surface area (Å²) in [5.41, 5.74) is 8.45. The second-order valence-electron chi connectivity index (χ2n) is 4.05. The maximum atomic E-state index is 11.2. The molecule has 0 saturated heterocycles. The summed E-state index contributed by atoms with van der Waals surface area (Å²) >= 11 is 0. The van der Waals surface area contributed by atoms with Gasteiger partial charge in [0.05, 0.1) is 5.52 Å². The van der Waals surface area contributed by atoms with Crippen LogP contribution in [-0.4, -0.2) is 10.5 Å². The normalized spacial score (nSPS) is 14.4. The van der Waals surface area contributed by atoms with E-state index in [-0.39, 0.29) is 5.91 Å². The Kier molecular flexibility index (Phi) is 1.63. The van der Waals surface area contributed by atoms with Crippen molar-refractivity contribution in [3.63, 3.8) is 0 Å². The van der Waals surface area contributed by atoms with Gasteiger partial charge < -0.3 is 10.3 Å². The Morgan fingerprint density at radius 3 is 3.07 bits per heavy atom. The Hall–Kier alpha value is -1.77. The van der Waals surface area contributed by atoms with Crippen LogP contribution in [0.3, 0.4) is 0 Å². The lowest BCUT2D eigenvalue weighted by atomic mass is 10.0. The number of aryl methyl sites for hydroxylation is 2. The lowest BCUT2D eigenvalue weighted by molar-refractivity contribution is 0.100. The van der Waals surface area contributed by atoms with Crippen LogP contribution in [0.25, 0.3) is 10.9 Å². The minimum atomic E-state index is -0.341. The van der Waals surface area contributed by atoms with Crippen LogP contribution in [0.5, 0.6) is 0 Å². The van der Waals surface area contributed by atoms with E-state index in [2.05, 4.69) is 16.8 Å². The maximum absolute atomic E-state index is 11.2. The van der Waals surface area contributed by atoms with Gasteiger partial charge in [0.1, 0.15) is 0 Å². The summed E-state index contributed by atoms with van der Waals surface area (Å²) in [4.78, 5) is 11.2. The maximum Gasteiger partial charge on any atom is 0.248 e. The Labute approximate surface area is 87.5 Å². The Morgan fingerprint density at radius 1 is 1.40 bits per heavy atom. The molecular weight excluding hydrogens is 188 g/mol. The molecule has 15 heavy (non-hydrogen) atoms. The Bertz CT molecular complexity index is 554. The number of carbonyl (C=O) groups excluding carboxylic acids is 1. The van der Waals surface area contributed by atoms with Gasteiger partial charge in [0.15, 0.2) is 0 Å². The first-order valence-corrected chi connectivity index (χ1v) is 5.17. The molecule has 0 saturated carbocycles. The molecule has 1 aliphatic heterocycles. The van der Waals surface area contributed by atoms with E-state index in [1.54, 1.807) is 0 Å². The van der Waals surface area contributed by atoms with Crippen LogP contribution in [0.15, 0.2) is 24.4 Å². The highest BCUT2D eigenvalue weighted by Gasteiger charge is 2.14. The van der Waals surface area contributed by atoms with Crippen molar-refractivity contribution in [3.05, 3.63) is 35.5 Å². The molecule has 1 aliphatic rings. The molecule has 3 rings (SSSR count). The second-order valence-corrected chi connectivity index (χ2v) is 4.05. The van der Waals surface area contributed by atoms with E-state index in [0.717, 1.165) is 24.8 Å². The third-order valence-electron chi connectivity index (χ3n) is 3.07. The van der Waals surface area contributed by atoms with Gasteiger partial charge in [-0.05, 0) is 36.6 Å². The first-order chi connectivity index (χ1) is 7.25. The quantitative estimate of drug-likeness (QED) is 0.748. The number of amides is 1. The van der Waals surface area contributed by atoms with Crippen molar-refractivity contribution in [2.45, 2.75) is 19.4 Å². The van der Waals surface area contributed by atoms with E-state index in [9.17, 15) is 4.79 Å². The number of hydrogen-bond acceptors (Lipinski definition) is 1. The van der Waals surface area contributed by atoms with Crippen LogP contribution in [-0.2, 0) is 13.0 Å². The molecule has 0 atom stereocenters. The van der Waals surface area contributed by atoms with Crippen LogP contribution in [0.2, 0.25) is 0 Å². The van der Waals surface area contributed by atoms with Gasteiger partial charge in [-0.3, -0.25) is 4.79 Å². The minimum Gasteiger partial charge on any atom is -0.366 e. The smallest absolute Gasteiger partial charge is 0.248 e. The number of carbonyl (C=O) groups is 1. The van der Waals surface area contributed by atoms with E-state index in [1.165, 1.54) is 11.1 Å². The predicted molar refractivity (Wildman–Crippen MR) is 58.8 cm³/mol. The van der Waals surface area contributed by atoms with Crippen molar-refractivity contribution in [1.29, 1.82) is 0 Å². The van der Waals surface area contributed by atoms with Crippen molar-refractivity contribution < 1.29 is 4.79 Å². The van der Waals surface area contributed by atoms with Gasteiger partial charge in [-0.1, -0.05) is 0 Å². The molecule has 0 aliphatic carbocycles. The Morgan fingerprint density at radius 2 is 2.27 bits per heavy atom. The third kappa shape index (κ3) is 1.16. The molecule has 1 aromatic carbocycles.